The molecule has 2 rings (SSSR count). The molecule has 1 aromatic carbocycles. The first-order valence-electron chi connectivity index (χ1n) is 6.76. The molecule has 106 valence electrons. The van der Waals surface area contributed by atoms with Crippen LogP contribution in [0.5, 0.6) is 5.75 Å². The molecule has 0 bridgehead atoms. The van der Waals surface area contributed by atoms with Crippen molar-refractivity contribution in [1.29, 1.82) is 0 Å². The highest BCUT2D eigenvalue weighted by molar-refractivity contribution is 5.62. The van der Waals surface area contributed by atoms with Gasteiger partial charge in [-0.2, -0.15) is 5.10 Å². The maximum absolute atomic E-state index is 11.8. The molecule has 0 aliphatic rings. The number of benzene rings is 1. The van der Waals surface area contributed by atoms with Gasteiger partial charge in [0, 0.05) is 12.1 Å². The zero-order valence-corrected chi connectivity index (χ0v) is 11.8. The van der Waals surface area contributed by atoms with Crippen LogP contribution in [0.3, 0.4) is 0 Å². The molecular formula is C15H19N3O2. The molecule has 0 radical (unpaired) electrons. The summed E-state index contributed by atoms with van der Waals surface area (Å²) >= 11 is 0. The Bertz CT molecular complexity index is 633. The molecule has 0 atom stereocenters. The molecule has 0 saturated carbocycles. The van der Waals surface area contributed by atoms with Crippen molar-refractivity contribution in [3.8, 4) is 17.0 Å². The van der Waals surface area contributed by atoms with Gasteiger partial charge < -0.3 is 10.5 Å². The van der Waals surface area contributed by atoms with Crippen molar-refractivity contribution < 1.29 is 4.74 Å². The Hall–Kier alpha value is -2.30. The van der Waals surface area contributed by atoms with Crippen molar-refractivity contribution in [2.45, 2.75) is 26.8 Å². The van der Waals surface area contributed by atoms with Gasteiger partial charge in [-0.1, -0.05) is 6.92 Å². The van der Waals surface area contributed by atoms with Gasteiger partial charge in [-0.25, -0.2) is 4.68 Å². The van der Waals surface area contributed by atoms with Gasteiger partial charge in [0.15, 0.2) is 0 Å². The average molecular weight is 273 g/mol. The van der Waals surface area contributed by atoms with Crippen LogP contribution in [0.2, 0.25) is 0 Å². The van der Waals surface area contributed by atoms with E-state index in [9.17, 15) is 4.79 Å². The van der Waals surface area contributed by atoms with Gasteiger partial charge >= 0.3 is 0 Å². The van der Waals surface area contributed by atoms with E-state index >= 15 is 0 Å². The number of nitrogens with zero attached hydrogens (tertiary/aromatic N) is 2. The third kappa shape index (κ3) is 2.99. The lowest BCUT2D eigenvalue weighted by molar-refractivity contribution is 0.340. The second-order valence-electron chi connectivity index (χ2n) is 4.47. The zero-order chi connectivity index (χ0) is 14.5. The molecule has 5 heteroatoms. The Morgan fingerprint density at radius 3 is 2.55 bits per heavy atom. The number of aromatic nitrogens is 2. The number of hydrogen-bond acceptors (Lipinski definition) is 4. The first-order chi connectivity index (χ1) is 9.65. The first kappa shape index (κ1) is 14.1. The lowest BCUT2D eigenvalue weighted by Gasteiger charge is -2.09. The predicted octanol–water partition coefficient (Wildman–Crippen LogP) is 2.30. The van der Waals surface area contributed by atoms with Crippen molar-refractivity contribution in [3.05, 3.63) is 40.7 Å². The van der Waals surface area contributed by atoms with Gasteiger partial charge in [0.2, 0.25) is 0 Å². The fraction of sp³-hybridized carbons (Fsp3) is 0.333. The van der Waals surface area contributed by atoms with Crippen LogP contribution < -0.4 is 16.0 Å². The van der Waals surface area contributed by atoms with Crippen LogP contribution in [0.4, 0.5) is 5.69 Å². The number of nitrogens with two attached hydrogens (primary N) is 1. The molecule has 0 saturated heterocycles. The smallest absolute Gasteiger partial charge is 0.289 e. The van der Waals surface area contributed by atoms with E-state index < -0.39 is 0 Å². The highest BCUT2D eigenvalue weighted by atomic mass is 16.5. The van der Waals surface area contributed by atoms with E-state index in [1.165, 1.54) is 4.68 Å². The summed E-state index contributed by atoms with van der Waals surface area (Å²) in [5.41, 5.74) is 7.35. The molecule has 0 spiro atoms. The van der Waals surface area contributed by atoms with Gasteiger partial charge in [0.05, 0.1) is 12.3 Å². The van der Waals surface area contributed by atoms with Crippen molar-refractivity contribution in [1.82, 2.24) is 9.78 Å². The Labute approximate surface area is 118 Å². The lowest BCUT2D eigenvalue weighted by Crippen LogP contribution is -2.25. The van der Waals surface area contributed by atoms with Crippen LogP contribution in [0, 0.1) is 0 Å². The van der Waals surface area contributed by atoms with E-state index in [-0.39, 0.29) is 11.2 Å². The van der Waals surface area contributed by atoms with Crippen LogP contribution in [-0.2, 0) is 6.54 Å². The zero-order valence-electron chi connectivity index (χ0n) is 11.8. The van der Waals surface area contributed by atoms with E-state index in [1.807, 2.05) is 38.1 Å². The second-order valence-corrected chi connectivity index (χ2v) is 4.47. The van der Waals surface area contributed by atoms with Gasteiger partial charge in [-0.05, 0) is 43.7 Å². The van der Waals surface area contributed by atoms with E-state index in [0.29, 0.717) is 18.8 Å². The molecule has 5 nitrogen and oxygen atoms in total. The second kappa shape index (κ2) is 6.23. The van der Waals surface area contributed by atoms with E-state index in [0.717, 1.165) is 17.7 Å². The molecule has 0 unspecified atom stereocenters. The molecular weight excluding hydrogens is 254 g/mol. The fourth-order valence-corrected chi connectivity index (χ4v) is 1.96. The lowest BCUT2D eigenvalue weighted by atomic mass is 10.1. The van der Waals surface area contributed by atoms with Crippen LogP contribution >= 0.6 is 0 Å². The summed E-state index contributed by atoms with van der Waals surface area (Å²) in [5.74, 6) is 0.811. The largest absolute Gasteiger partial charge is 0.494 e. The van der Waals surface area contributed by atoms with E-state index in [1.54, 1.807) is 6.07 Å². The predicted molar refractivity (Wildman–Crippen MR) is 79.8 cm³/mol. The molecule has 0 aliphatic heterocycles. The van der Waals surface area contributed by atoms with Crippen molar-refractivity contribution in [2.75, 3.05) is 12.3 Å². The van der Waals surface area contributed by atoms with Crippen molar-refractivity contribution in [2.24, 2.45) is 0 Å². The SMILES string of the molecule is CCCn1nc(-c2ccc(OCC)cc2)cc(N)c1=O. The third-order valence-corrected chi connectivity index (χ3v) is 2.90. The summed E-state index contributed by atoms with van der Waals surface area (Å²) in [5, 5.41) is 4.35. The minimum absolute atomic E-state index is 0.220. The fourth-order valence-electron chi connectivity index (χ4n) is 1.96. The summed E-state index contributed by atoms with van der Waals surface area (Å²) in [7, 11) is 0. The summed E-state index contributed by atoms with van der Waals surface area (Å²) < 4.78 is 6.82. The number of rotatable bonds is 5. The van der Waals surface area contributed by atoms with Gasteiger partial charge in [-0.15, -0.1) is 0 Å². The quantitative estimate of drug-likeness (QED) is 0.907. The highest BCUT2D eigenvalue weighted by Crippen LogP contribution is 2.21. The number of nitrogen functional groups attached to an aromatic ring is 1. The van der Waals surface area contributed by atoms with Crippen LogP contribution in [0.25, 0.3) is 11.3 Å². The van der Waals surface area contributed by atoms with E-state index in [2.05, 4.69) is 5.10 Å². The molecule has 0 amide bonds. The first-order valence-corrected chi connectivity index (χ1v) is 6.76. The third-order valence-electron chi connectivity index (χ3n) is 2.90. The summed E-state index contributed by atoms with van der Waals surface area (Å²) in [4.78, 5) is 11.8. The van der Waals surface area contributed by atoms with Gasteiger partial charge in [-0.3, -0.25) is 4.79 Å². The Morgan fingerprint density at radius 1 is 1.25 bits per heavy atom. The summed E-state index contributed by atoms with van der Waals surface area (Å²) in [6.07, 6.45) is 0.832. The molecule has 2 N–H and O–H groups in total. The molecule has 0 fully saturated rings. The Balaban J connectivity index is 2.39. The van der Waals surface area contributed by atoms with E-state index in [4.69, 9.17) is 10.5 Å². The molecule has 1 heterocycles. The van der Waals surface area contributed by atoms with Gasteiger partial charge in [0.25, 0.3) is 5.56 Å². The summed E-state index contributed by atoms with van der Waals surface area (Å²) in [6, 6.07) is 9.20. The number of aryl methyl sites for hydroxylation is 1. The Kier molecular flexibility index (Phi) is 4.40. The monoisotopic (exact) mass is 273 g/mol. The average Bonchev–Trinajstić information content (AvgIpc) is 2.45. The molecule has 20 heavy (non-hydrogen) atoms. The maximum atomic E-state index is 11.8. The topological polar surface area (TPSA) is 70.1 Å². The molecule has 0 aliphatic carbocycles. The van der Waals surface area contributed by atoms with Crippen LogP contribution in [0.1, 0.15) is 20.3 Å². The number of hydrogen-bond donors (Lipinski definition) is 1. The minimum atomic E-state index is -0.235. The van der Waals surface area contributed by atoms with Crippen molar-refractivity contribution in [3.63, 3.8) is 0 Å². The molecule has 2 aromatic rings. The van der Waals surface area contributed by atoms with Crippen LogP contribution in [-0.4, -0.2) is 16.4 Å². The van der Waals surface area contributed by atoms with Crippen molar-refractivity contribution >= 4 is 5.69 Å². The standard InChI is InChI=1S/C15H19N3O2/c1-3-9-18-15(19)13(16)10-14(17-18)11-5-7-12(8-6-11)20-4-2/h5-8,10H,3-4,9,16H2,1-2H3. The number of ether oxygens (including phenoxy) is 1. The Morgan fingerprint density at radius 2 is 1.95 bits per heavy atom. The van der Waals surface area contributed by atoms with Gasteiger partial charge in [0.1, 0.15) is 11.4 Å². The molecule has 1 aromatic heterocycles. The minimum Gasteiger partial charge on any atom is -0.494 e. The summed E-state index contributed by atoms with van der Waals surface area (Å²) in [6.45, 7) is 5.13. The maximum Gasteiger partial charge on any atom is 0.289 e. The van der Waals surface area contributed by atoms with Crippen LogP contribution in [0.15, 0.2) is 35.1 Å². The highest BCUT2D eigenvalue weighted by Gasteiger charge is 2.07. The number of anilines is 1. The normalized spacial score (nSPS) is 10.5.